The van der Waals surface area contributed by atoms with E-state index in [-0.39, 0.29) is 12.5 Å². The van der Waals surface area contributed by atoms with Gasteiger partial charge >= 0.3 is 0 Å². The molecule has 1 N–H and O–H groups in total. The van der Waals surface area contributed by atoms with Crippen molar-refractivity contribution < 1.29 is 18.0 Å². The molecule has 0 saturated heterocycles. The van der Waals surface area contributed by atoms with Crippen molar-refractivity contribution in [2.45, 2.75) is 39.8 Å². The molecule has 0 radical (unpaired) electrons. The number of halogens is 2. The van der Waals surface area contributed by atoms with Gasteiger partial charge in [-0.15, -0.1) is 0 Å². The monoisotopic (exact) mass is 557 g/mol. The van der Waals surface area contributed by atoms with Crippen LogP contribution in [0.3, 0.4) is 0 Å². The van der Waals surface area contributed by atoms with Gasteiger partial charge < -0.3 is 10.2 Å². The molecular weight excluding hydrogens is 530 g/mol. The molecule has 1 atom stereocenters. The van der Waals surface area contributed by atoms with E-state index in [9.17, 15) is 18.0 Å². The summed E-state index contributed by atoms with van der Waals surface area (Å²) in [4.78, 5) is 27.6. The van der Waals surface area contributed by atoms with Crippen molar-refractivity contribution in [2.24, 2.45) is 0 Å². The van der Waals surface area contributed by atoms with Crippen molar-refractivity contribution in [1.29, 1.82) is 0 Å². The third kappa shape index (κ3) is 7.72. The van der Waals surface area contributed by atoms with E-state index in [1.807, 2.05) is 31.2 Å². The van der Waals surface area contributed by atoms with Crippen molar-refractivity contribution in [3.05, 3.63) is 63.1 Å². The molecule has 0 aromatic heterocycles. The number of nitrogens with one attached hydrogen (secondary N) is 1. The molecule has 0 aliphatic heterocycles. The molecule has 33 heavy (non-hydrogen) atoms. The van der Waals surface area contributed by atoms with Gasteiger partial charge in [-0.25, -0.2) is 8.42 Å². The fourth-order valence-electron chi connectivity index (χ4n) is 3.30. The lowest BCUT2D eigenvalue weighted by atomic mass is 10.1. The molecule has 0 fully saturated rings. The lowest BCUT2D eigenvalue weighted by Gasteiger charge is -2.32. The Morgan fingerprint density at radius 2 is 1.88 bits per heavy atom. The molecule has 7 nitrogen and oxygen atoms in total. The highest BCUT2D eigenvalue weighted by Crippen LogP contribution is 2.26. The third-order valence-corrected chi connectivity index (χ3v) is 6.92. The Bertz CT molecular complexity index is 1110. The average Bonchev–Trinajstić information content (AvgIpc) is 2.73. The highest BCUT2D eigenvalue weighted by Gasteiger charge is 2.30. The number of rotatable bonds is 10. The van der Waals surface area contributed by atoms with Gasteiger partial charge in [-0.3, -0.25) is 13.9 Å². The Hall–Kier alpha value is -2.10. The average molecular weight is 559 g/mol. The van der Waals surface area contributed by atoms with E-state index in [0.29, 0.717) is 22.8 Å². The van der Waals surface area contributed by atoms with Gasteiger partial charge in [0.25, 0.3) is 0 Å². The molecule has 2 rings (SSSR count). The fraction of sp³-hybridized carbons (Fsp3) is 0.391. The van der Waals surface area contributed by atoms with Crippen LogP contribution in [0, 0.1) is 6.92 Å². The number of anilines is 1. The Morgan fingerprint density at radius 3 is 2.45 bits per heavy atom. The Morgan fingerprint density at radius 1 is 1.18 bits per heavy atom. The summed E-state index contributed by atoms with van der Waals surface area (Å²) in [5, 5.41) is 3.27. The summed E-state index contributed by atoms with van der Waals surface area (Å²) in [6.45, 7) is 5.50. The highest BCUT2D eigenvalue weighted by molar-refractivity contribution is 9.10. The molecule has 0 heterocycles. The lowest BCUT2D eigenvalue weighted by molar-refractivity contribution is -0.139. The maximum Gasteiger partial charge on any atom is 0.244 e. The van der Waals surface area contributed by atoms with Crippen molar-refractivity contribution >= 4 is 55.1 Å². The molecule has 0 spiro atoms. The van der Waals surface area contributed by atoms with Gasteiger partial charge in [0.1, 0.15) is 12.6 Å². The molecule has 180 valence electrons. The largest absolute Gasteiger partial charge is 0.354 e. The van der Waals surface area contributed by atoms with E-state index in [1.54, 1.807) is 32.0 Å². The Kier molecular flexibility index (Phi) is 9.75. The number of benzene rings is 2. The van der Waals surface area contributed by atoms with Gasteiger partial charge in [0.05, 0.1) is 11.9 Å². The molecule has 10 heteroatoms. The van der Waals surface area contributed by atoms with Crippen LogP contribution in [0.2, 0.25) is 5.02 Å². The second-order valence-corrected chi connectivity index (χ2v) is 11.1. The van der Waals surface area contributed by atoms with Gasteiger partial charge in [0, 0.05) is 22.6 Å². The normalized spacial score (nSPS) is 12.2. The number of hydrogen-bond donors (Lipinski definition) is 1. The first-order valence-electron chi connectivity index (χ1n) is 10.5. The van der Waals surface area contributed by atoms with Gasteiger partial charge in [-0.1, -0.05) is 46.6 Å². The second-order valence-electron chi connectivity index (χ2n) is 7.82. The minimum atomic E-state index is -3.79. The molecule has 2 amide bonds. The van der Waals surface area contributed by atoms with Gasteiger partial charge in [-0.2, -0.15) is 0 Å². The Balaban J connectivity index is 2.40. The van der Waals surface area contributed by atoms with Crippen molar-refractivity contribution in [3.8, 4) is 0 Å². The Labute approximate surface area is 209 Å². The quantitative estimate of drug-likeness (QED) is 0.475. The third-order valence-electron chi connectivity index (χ3n) is 5.07. The van der Waals surface area contributed by atoms with Gasteiger partial charge in [0.15, 0.2) is 0 Å². The lowest BCUT2D eigenvalue weighted by Crippen LogP contribution is -2.51. The standard InChI is InChI=1S/C23H29BrClN3O4S/c1-5-11-26-23(30)17(3)27(14-18-7-6-8-19(24)13-18)22(29)15-28(33(4,31)32)21-10-9-20(25)12-16(21)2/h6-10,12-13,17H,5,11,14-15H2,1-4H3,(H,26,30)/t17-/m1/s1. The van der Waals surface area contributed by atoms with Crippen LogP contribution in [-0.4, -0.2) is 50.5 Å². The smallest absolute Gasteiger partial charge is 0.244 e. The number of carbonyl (C=O) groups is 2. The number of hydrogen-bond acceptors (Lipinski definition) is 4. The summed E-state index contributed by atoms with van der Waals surface area (Å²) in [5.41, 5.74) is 1.79. The summed E-state index contributed by atoms with van der Waals surface area (Å²) in [6.07, 6.45) is 1.81. The number of nitrogens with zero attached hydrogens (tertiary/aromatic N) is 2. The predicted octanol–water partition coefficient (Wildman–Crippen LogP) is 4.12. The molecule has 2 aromatic carbocycles. The minimum Gasteiger partial charge on any atom is -0.354 e. The van der Waals surface area contributed by atoms with E-state index >= 15 is 0 Å². The first-order valence-corrected chi connectivity index (χ1v) is 13.5. The van der Waals surface area contributed by atoms with Crippen LogP contribution in [0.4, 0.5) is 5.69 Å². The van der Waals surface area contributed by atoms with Crippen LogP contribution in [0.15, 0.2) is 46.9 Å². The summed E-state index contributed by atoms with van der Waals surface area (Å²) in [7, 11) is -3.79. The number of aryl methyl sites for hydroxylation is 1. The molecular formula is C23H29BrClN3O4S. The van der Waals surface area contributed by atoms with Crippen LogP contribution in [-0.2, 0) is 26.2 Å². The molecule has 0 bridgehead atoms. The molecule has 0 aliphatic rings. The molecule has 2 aromatic rings. The molecule has 0 unspecified atom stereocenters. The highest BCUT2D eigenvalue weighted by atomic mass is 79.9. The summed E-state index contributed by atoms with van der Waals surface area (Å²) < 4.78 is 27.1. The van der Waals surface area contributed by atoms with Gasteiger partial charge in [-0.05, 0) is 61.7 Å². The van der Waals surface area contributed by atoms with E-state index in [0.717, 1.165) is 27.0 Å². The van der Waals surface area contributed by atoms with Crippen LogP contribution in [0.25, 0.3) is 0 Å². The van der Waals surface area contributed by atoms with Crippen LogP contribution in [0.5, 0.6) is 0 Å². The van der Waals surface area contributed by atoms with E-state index in [4.69, 9.17) is 11.6 Å². The SMILES string of the molecule is CCCNC(=O)[C@@H](C)N(Cc1cccc(Br)c1)C(=O)CN(c1ccc(Cl)cc1C)S(C)(=O)=O. The first kappa shape index (κ1) is 27.1. The zero-order valence-electron chi connectivity index (χ0n) is 19.1. The summed E-state index contributed by atoms with van der Waals surface area (Å²) >= 11 is 9.44. The maximum atomic E-state index is 13.5. The maximum absolute atomic E-state index is 13.5. The van der Waals surface area contributed by atoms with E-state index in [2.05, 4.69) is 21.2 Å². The zero-order chi connectivity index (χ0) is 24.8. The first-order chi connectivity index (χ1) is 15.4. The number of amides is 2. The summed E-state index contributed by atoms with van der Waals surface area (Å²) in [6, 6.07) is 11.4. The van der Waals surface area contributed by atoms with Crippen molar-refractivity contribution in [2.75, 3.05) is 23.7 Å². The molecule has 0 aliphatic carbocycles. The number of sulfonamides is 1. The van der Waals surface area contributed by atoms with Crippen molar-refractivity contribution in [3.63, 3.8) is 0 Å². The fourth-order valence-corrected chi connectivity index (χ4v) is 4.88. The minimum absolute atomic E-state index is 0.149. The van der Waals surface area contributed by atoms with Crippen LogP contribution >= 0.6 is 27.5 Å². The summed E-state index contributed by atoms with van der Waals surface area (Å²) in [5.74, 6) is -0.789. The van der Waals surface area contributed by atoms with Crippen LogP contribution < -0.4 is 9.62 Å². The second kappa shape index (κ2) is 11.9. The predicted molar refractivity (Wildman–Crippen MR) is 136 cm³/mol. The van der Waals surface area contributed by atoms with Crippen LogP contribution in [0.1, 0.15) is 31.4 Å². The van der Waals surface area contributed by atoms with Crippen molar-refractivity contribution in [1.82, 2.24) is 10.2 Å². The molecule has 0 saturated carbocycles. The van der Waals surface area contributed by atoms with E-state index in [1.165, 1.54) is 4.90 Å². The van der Waals surface area contributed by atoms with Gasteiger partial charge in [0.2, 0.25) is 21.8 Å². The topological polar surface area (TPSA) is 86.8 Å². The zero-order valence-corrected chi connectivity index (χ0v) is 22.3. The number of carbonyl (C=O) groups excluding carboxylic acids is 2. The van der Waals surface area contributed by atoms with E-state index < -0.39 is 28.5 Å².